The maximum absolute atomic E-state index is 13.8. The molecule has 0 saturated heterocycles. The van der Waals surface area contributed by atoms with Crippen molar-refractivity contribution in [3.63, 3.8) is 0 Å². The second kappa shape index (κ2) is 7.12. The number of nitrogens with zero attached hydrogens (tertiary/aromatic N) is 3. The lowest BCUT2D eigenvalue weighted by Crippen LogP contribution is -2.07. The van der Waals surface area contributed by atoms with Crippen LogP contribution in [0.15, 0.2) is 57.6 Å². The molecule has 0 aliphatic heterocycles. The van der Waals surface area contributed by atoms with Gasteiger partial charge in [-0.3, -0.25) is 0 Å². The van der Waals surface area contributed by atoms with Crippen LogP contribution in [0.25, 0.3) is 34.3 Å². The average molecular weight is 411 g/mol. The number of hydrogen-bond donors (Lipinski definition) is 0. The van der Waals surface area contributed by atoms with Gasteiger partial charge in [-0.2, -0.15) is 18.2 Å². The lowest BCUT2D eigenvalue weighted by atomic mass is 9.90. The van der Waals surface area contributed by atoms with E-state index >= 15 is 0 Å². The molecule has 0 radical (unpaired) electrons. The van der Waals surface area contributed by atoms with Crippen molar-refractivity contribution in [1.29, 1.82) is 0 Å². The first-order valence-corrected chi connectivity index (χ1v) is 9.59. The van der Waals surface area contributed by atoms with Gasteiger partial charge in [0, 0.05) is 11.1 Å². The molecule has 0 atom stereocenters. The molecule has 5 rings (SSSR count). The lowest BCUT2D eigenvalue weighted by molar-refractivity contribution is -0.136. The number of halogens is 3. The standard InChI is InChI=1S/C22H16F3N3O2/c23-22(24,25)17-18(14-7-2-1-3-8-14)27-29-19(17)21-26-20(28-30-21)16-11-10-13-6-4-5-9-15(13)12-16/h1-3,7-8,10-12H,4-6,9H2. The highest BCUT2D eigenvalue weighted by atomic mass is 19.4. The number of benzene rings is 2. The van der Waals surface area contributed by atoms with Gasteiger partial charge in [0.15, 0.2) is 0 Å². The SMILES string of the molecule is FC(F)(F)c1c(-c2ccccc2)noc1-c1nc(-c2ccc3c(c2)CCCC3)no1. The van der Waals surface area contributed by atoms with Crippen molar-refractivity contribution in [1.82, 2.24) is 15.3 Å². The largest absolute Gasteiger partial charge is 0.422 e. The molecule has 0 spiro atoms. The van der Waals surface area contributed by atoms with Crippen molar-refractivity contribution in [2.45, 2.75) is 31.9 Å². The van der Waals surface area contributed by atoms with Gasteiger partial charge < -0.3 is 9.05 Å². The summed E-state index contributed by atoms with van der Waals surface area (Å²) in [6.45, 7) is 0. The molecule has 0 bridgehead atoms. The Morgan fingerprint density at radius 2 is 1.57 bits per heavy atom. The quantitative estimate of drug-likeness (QED) is 0.416. The van der Waals surface area contributed by atoms with Crippen LogP contribution in [0.4, 0.5) is 13.2 Å². The Morgan fingerprint density at radius 3 is 2.33 bits per heavy atom. The normalized spacial score (nSPS) is 14.0. The van der Waals surface area contributed by atoms with Crippen LogP contribution in [-0.4, -0.2) is 15.3 Å². The van der Waals surface area contributed by atoms with Gasteiger partial charge in [-0.25, -0.2) is 0 Å². The van der Waals surface area contributed by atoms with Crippen LogP contribution in [0.2, 0.25) is 0 Å². The fourth-order valence-electron chi connectivity index (χ4n) is 3.80. The molecular formula is C22H16F3N3O2. The second-order valence-electron chi connectivity index (χ2n) is 7.21. The number of alkyl halides is 3. The van der Waals surface area contributed by atoms with Crippen LogP contribution in [0.3, 0.4) is 0 Å². The third-order valence-electron chi connectivity index (χ3n) is 5.25. The van der Waals surface area contributed by atoms with E-state index < -0.39 is 17.5 Å². The number of aromatic nitrogens is 3. The van der Waals surface area contributed by atoms with E-state index in [4.69, 9.17) is 9.05 Å². The highest BCUT2D eigenvalue weighted by molar-refractivity contribution is 5.71. The van der Waals surface area contributed by atoms with Gasteiger partial charge in [-0.1, -0.05) is 52.8 Å². The molecule has 0 fully saturated rings. The first-order chi connectivity index (χ1) is 14.5. The molecule has 4 aromatic rings. The molecule has 5 nitrogen and oxygen atoms in total. The summed E-state index contributed by atoms with van der Waals surface area (Å²) in [4.78, 5) is 4.17. The maximum atomic E-state index is 13.8. The minimum atomic E-state index is -4.71. The summed E-state index contributed by atoms with van der Waals surface area (Å²) in [5, 5.41) is 7.52. The number of fused-ring (bicyclic) bond motifs is 1. The van der Waals surface area contributed by atoms with Crippen LogP contribution >= 0.6 is 0 Å². The summed E-state index contributed by atoms with van der Waals surface area (Å²) in [6, 6.07) is 13.9. The third kappa shape index (κ3) is 3.28. The minimum Gasteiger partial charge on any atom is -0.350 e. The highest BCUT2D eigenvalue weighted by Gasteiger charge is 2.42. The van der Waals surface area contributed by atoms with Crippen LogP contribution in [0, 0.1) is 0 Å². The molecular weight excluding hydrogens is 395 g/mol. The fraction of sp³-hybridized carbons (Fsp3) is 0.227. The smallest absolute Gasteiger partial charge is 0.350 e. The topological polar surface area (TPSA) is 65.0 Å². The van der Waals surface area contributed by atoms with Crippen molar-refractivity contribution >= 4 is 0 Å². The minimum absolute atomic E-state index is 0.212. The van der Waals surface area contributed by atoms with Crippen molar-refractivity contribution in [2.24, 2.45) is 0 Å². The van der Waals surface area contributed by atoms with E-state index in [0.717, 1.165) is 25.7 Å². The van der Waals surface area contributed by atoms with E-state index in [1.165, 1.54) is 23.3 Å². The number of hydrogen-bond acceptors (Lipinski definition) is 5. The summed E-state index contributed by atoms with van der Waals surface area (Å²) < 4.78 is 51.7. The average Bonchev–Trinajstić information content (AvgIpc) is 3.41. The second-order valence-corrected chi connectivity index (χ2v) is 7.21. The Kier molecular flexibility index (Phi) is 4.42. The van der Waals surface area contributed by atoms with Crippen LogP contribution < -0.4 is 0 Å². The molecule has 2 aromatic heterocycles. The highest BCUT2D eigenvalue weighted by Crippen LogP contribution is 2.43. The van der Waals surface area contributed by atoms with Gasteiger partial charge in [0.1, 0.15) is 11.3 Å². The Balaban J connectivity index is 1.56. The summed E-state index contributed by atoms with van der Waals surface area (Å²) in [7, 11) is 0. The van der Waals surface area contributed by atoms with Crippen molar-refractivity contribution < 1.29 is 22.2 Å². The first kappa shape index (κ1) is 18.6. The van der Waals surface area contributed by atoms with Crippen LogP contribution in [0.1, 0.15) is 29.5 Å². The summed E-state index contributed by atoms with van der Waals surface area (Å²) in [5.74, 6) is -0.730. The summed E-state index contributed by atoms with van der Waals surface area (Å²) in [5.41, 5.74) is 2.14. The first-order valence-electron chi connectivity index (χ1n) is 9.59. The molecule has 0 amide bonds. The predicted octanol–water partition coefficient (Wildman–Crippen LogP) is 5.96. The molecule has 0 saturated carbocycles. The van der Waals surface area contributed by atoms with E-state index in [2.05, 4.69) is 15.3 Å². The Labute approximate surface area is 169 Å². The molecule has 1 aliphatic rings. The van der Waals surface area contributed by atoms with E-state index in [0.29, 0.717) is 5.56 Å². The van der Waals surface area contributed by atoms with Gasteiger partial charge in [0.25, 0.3) is 5.89 Å². The van der Waals surface area contributed by atoms with Crippen molar-refractivity contribution in [3.8, 4) is 34.3 Å². The van der Waals surface area contributed by atoms with E-state index in [1.54, 1.807) is 18.2 Å². The lowest BCUT2D eigenvalue weighted by Gasteiger charge is -2.15. The summed E-state index contributed by atoms with van der Waals surface area (Å²) >= 11 is 0. The fourth-order valence-corrected chi connectivity index (χ4v) is 3.80. The number of rotatable bonds is 3. The predicted molar refractivity (Wildman–Crippen MR) is 102 cm³/mol. The van der Waals surface area contributed by atoms with E-state index in [1.807, 2.05) is 18.2 Å². The third-order valence-corrected chi connectivity index (χ3v) is 5.25. The van der Waals surface area contributed by atoms with Crippen molar-refractivity contribution in [3.05, 3.63) is 65.2 Å². The zero-order valence-corrected chi connectivity index (χ0v) is 15.7. The molecule has 2 aromatic carbocycles. The molecule has 2 heterocycles. The van der Waals surface area contributed by atoms with Crippen molar-refractivity contribution in [2.75, 3.05) is 0 Å². The molecule has 152 valence electrons. The van der Waals surface area contributed by atoms with Gasteiger partial charge in [-0.15, -0.1) is 0 Å². The molecule has 30 heavy (non-hydrogen) atoms. The van der Waals surface area contributed by atoms with Crippen LogP contribution in [0.5, 0.6) is 0 Å². The maximum Gasteiger partial charge on any atom is 0.422 e. The molecule has 8 heteroatoms. The van der Waals surface area contributed by atoms with Gasteiger partial charge in [-0.05, 0) is 42.9 Å². The van der Waals surface area contributed by atoms with E-state index in [-0.39, 0.29) is 23.0 Å². The molecule has 0 N–H and O–H groups in total. The number of aryl methyl sites for hydroxylation is 2. The van der Waals surface area contributed by atoms with Crippen LogP contribution in [-0.2, 0) is 19.0 Å². The van der Waals surface area contributed by atoms with Gasteiger partial charge in [0.05, 0.1) is 0 Å². The molecule has 1 aliphatic carbocycles. The Hall–Kier alpha value is -3.42. The van der Waals surface area contributed by atoms with Gasteiger partial charge >= 0.3 is 6.18 Å². The molecule has 0 unspecified atom stereocenters. The zero-order chi connectivity index (χ0) is 20.7. The monoisotopic (exact) mass is 411 g/mol. The Morgan fingerprint density at radius 1 is 0.800 bits per heavy atom. The summed E-state index contributed by atoms with van der Waals surface area (Å²) in [6.07, 6.45) is -0.435. The Bertz CT molecular complexity index is 1200. The van der Waals surface area contributed by atoms with E-state index in [9.17, 15) is 13.2 Å². The zero-order valence-electron chi connectivity index (χ0n) is 15.7. The van der Waals surface area contributed by atoms with Gasteiger partial charge in [0.2, 0.25) is 11.6 Å².